The smallest absolute Gasteiger partial charge is 0.107 e. The van der Waals surface area contributed by atoms with Crippen LogP contribution in [0.15, 0.2) is 0 Å². The van der Waals surface area contributed by atoms with Gasteiger partial charge in [-0.05, 0) is 0 Å². The molecule has 0 aromatic carbocycles. The third kappa shape index (κ3) is 5.93. The van der Waals surface area contributed by atoms with E-state index in [1.165, 1.54) is 0 Å². The van der Waals surface area contributed by atoms with Crippen LogP contribution in [0.5, 0.6) is 0 Å². The Balaban J connectivity index is 5.27. The van der Waals surface area contributed by atoms with Crippen LogP contribution in [0.1, 0.15) is 12.8 Å². The molecule has 0 radical (unpaired) electrons. The van der Waals surface area contributed by atoms with Crippen LogP contribution in [-0.2, 0) is 9.47 Å². The van der Waals surface area contributed by atoms with Crippen LogP contribution in [0, 0.1) is 54.8 Å². The molecule has 0 aromatic rings. The zero-order valence-corrected chi connectivity index (χ0v) is 11.9. The molecule has 0 saturated carbocycles. The monoisotopic (exact) mass is 288 g/mol. The van der Waals surface area contributed by atoms with Gasteiger partial charge < -0.3 is 19.7 Å². The third-order valence-electron chi connectivity index (χ3n) is 3.06. The highest BCUT2D eigenvalue weighted by Crippen LogP contribution is 2.32. The first kappa shape index (κ1) is 19.1. The van der Waals surface area contributed by atoms with Crippen LogP contribution < -0.4 is 0 Å². The van der Waals surface area contributed by atoms with E-state index in [0.29, 0.717) is 0 Å². The topological polar surface area (TPSA) is 58.9 Å². The number of aliphatic hydroxyl groups excluding tert-OH is 2. The largest absolute Gasteiger partial charge is 0.391 e. The fourth-order valence-electron chi connectivity index (χ4n) is 1.88. The second-order valence-corrected chi connectivity index (χ2v) is 4.48. The average molecular weight is 288 g/mol. The van der Waals surface area contributed by atoms with Crippen molar-refractivity contribution in [3.8, 4) is 49.4 Å². The molecule has 0 fully saturated rings. The summed E-state index contributed by atoms with van der Waals surface area (Å²) in [4.78, 5) is 0. The summed E-state index contributed by atoms with van der Waals surface area (Å²) in [6.07, 6.45) is 18.6. The maximum atomic E-state index is 10.3. The lowest BCUT2D eigenvalue weighted by Gasteiger charge is -2.40. The number of hydrogen-bond acceptors (Lipinski definition) is 4. The van der Waals surface area contributed by atoms with Gasteiger partial charge in [-0.1, -0.05) is 11.8 Å². The molecule has 0 aromatic heterocycles. The van der Waals surface area contributed by atoms with E-state index in [4.69, 9.17) is 35.2 Å². The van der Waals surface area contributed by atoms with Gasteiger partial charge in [0.2, 0.25) is 0 Å². The van der Waals surface area contributed by atoms with E-state index in [1.54, 1.807) is 0 Å². The lowest BCUT2D eigenvalue weighted by Crippen LogP contribution is -2.52. The molecule has 0 amide bonds. The molecule has 0 rings (SSSR count). The number of terminal acetylenes is 4. The van der Waals surface area contributed by atoms with Crippen molar-refractivity contribution in [3.05, 3.63) is 0 Å². The van der Waals surface area contributed by atoms with Crippen LogP contribution in [-0.4, -0.2) is 48.8 Å². The zero-order valence-electron chi connectivity index (χ0n) is 11.9. The molecule has 21 heavy (non-hydrogen) atoms. The second-order valence-electron chi connectivity index (χ2n) is 4.48. The molecule has 2 atom stereocenters. The molecule has 0 bridgehead atoms. The first-order valence-electron chi connectivity index (χ1n) is 6.34. The van der Waals surface area contributed by atoms with Gasteiger partial charge in [-0.15, -0.1) is 37.5 Å². The Bertz CT molecular complexity index is 411. The summed E-state index contributed by atoms with van der Waals surface area (Å²) in [7, 11) is 0. The lowest BCUT2D eigenvalue weighted by atomic mass is 9.75. The van der Waals surface area contributed by atoms with Crippen molar-refractivity contribution in [3.63, 3.8) is 0 Å². The van der Waals surface area contributed by atoms with E-state index in [-0.39, 0.29) is 39.3 Å². The number of aliphatic hydroxyl groups is 2. The molecule has 0 aliphatic heterocycles. The number of ether oxygens (including phenoxy) is 2. The van der Waals surface area contributed by atoms with Gasteiger partial charge in [0.05, 0.1) is 30.8 Å². The Kier molecular flexibility index (Phi) is 9.83. The van der Waals surface area contributed by atoms with Gasteiger partial charge in [0.25, 0.3) is 0 Å². The summed E-state index contributed by atoms with van der Waals surface area (Å²) in [6, 6.07) is 0. The summed E-state index contributed by atoms with van der Waals surface area (Å²) >= 11 is 0. The fraction of sp³-hybridized carbons (Fsp3) is 0.529. The van der Waals surface area contributed by atoms with Crippen LogP contribution in [0.3, 0.4) is 0 Å². The summed E-state index contributed by atoms with van der Waals surface area (Å²) in [5.74, 6) is 9.31. The maximum Gasteiger partial charge on any atom is 0.107 e. The van der Waals surface area contributed by atoms with E-state index < -0.39 is 17.6 Å². The molecule has 0 aliphatic carbocycles. The Morgan fingerprint density at radius 2 is 1.14 bits per heavy atom. The van der Waals surface area contributed by atoms with Gasteiger partial charge in [-0.25, -0.2) is 0 Å². The average Bonchev–Trinajstić information content (AvgIpc) is 2.46. The molecule has 112 valence electrons. The Morgan fingerprint density at radius 1 is 0.762 bits per heavy atom. The van der Waals surface area contributed by atoms with Gasteiger partial charge in [-0.2, -0.15) is 0 Å². The van der Waals surface area contributed by atoms with E-state index in [0.717, 1.165) is 0 Å². The van der Waals surface area contributed by atoms with Crippen LogP contribution >= 0.6 is 0 Å². The Labute approximate surface area is 126 Å². The molecular weight excluding hydrogens is 268 g/mol. The number of hydrogen-bond donors (Lipinski definition) is 2. The van der Waals surface area contributed by atoms with Crippen molar-refractivity contribution < 1.29 is 19.7 Å². The Morgan fingerprint density at radius 3 is 1.43 bits per heavy atom. The van der Waals surface area contributed by atoms with Crippen molar-refractivity contribution in [1.82, 2.24) is 0 Å². The van der Waals surface area contributed by atoms with Crippen molar-refractivity contribution in [2.75, 3.05) is 26.4 Å². The highest BCUT2D eigenvalue weighted by Gasteiger charge is 2.44. The summed E-state index contributed by atoms with van der Waals surface area (Å²) < 4.78 is 10.6. The summed E-state index contributed by atoms with van der Waals surface area (Å²) in [6.45, 7) is -0.0359. The van der Waals surface area contributed by atoms with E-state index in [2.05, 4.69) is 23.7 Å². The van der Waals surface area contributed by atoms with E-state index in [9.17, 15) is 10.2 Å². The van der Waals surface area contributed by atoms with Gasteiger partial charge in [0.15, 0.2) is 0 Å². The van der Waals surface area contributed by atoms with E-state index in [1.807, 2.05) is 0 Å². The molecule has 4 heteroatoms. The molecule has 2 N–H and O–H groups in total. The normalized spacial score (nSPS) is 13.2. The summed E-state index contributed by atoms with van der Waals surface area (Å²) in [5, 5.41) is 20.6. The zero-order chi connectivity index (χ0) is 16.1. The molecule has 0 aliphatic rings. The van der Waals surface area contributed by atoms with Gasteiger partial charge in [0, 0.05) is 12.8 Å². The van der Waals surface area contributed by atoms with E-state index >= 15 is 0 Å². The van der Waals surface area contributed by atoms with Crippen LogP contribution in [0.4, 0.5) is 0 Å². The Hall–Kier alpha value is -1.92. The van der Waals surface area contributed by atoms with Crippen molar-refractivity contribution in [2.24, 2.45) is 5.41 Å². The molecule has 4 nitrogen and oxygen atoms in total. The van der Waals surface area contributed by atoms with Crippen LogP contribution in [0.2, 0.25) is 0 Å². The highest BCUT2D eigenvalue weighted by atomic mass is 16.5. The van der Waals surface area contributed by atoms with Gasteiger partial charge in [-0.3, -0.25) is 0 Å². The predicted octanol–water partition coefficient (Wildman–Crippen LogP) is 0.0408. The SMILES string of the molecule is C#CCOCC(COCC#C)(C(O)CC#C)C(O)CC#C. The van der Waals surface area contributed by atoms with Crippen molar-refractivity contribution >= 4 is 0 Å². The fourth-order valence-corrected chi connectivity index (χ4v) is 1.88. The molecule has 0 saturated heterocycles. The standard InChI is InChI=1S/C17H20O4/c1-5-9-15(18)17(13-20-11-7-3,14-21-12-8-4)16(19)10-6-2/h1-4,15-16,18-19H,9-14H2. The maximum absolute atomic E-state index is 10.3. The minimum atomic E-state index is -1.19. The third-order valence-corrected chi connectivity index (χ3v) is 3.06. The van der Waals surface area contributed by atoms with Crippen molar-refractivity contribution in [1.29, 1.82) is 0 Å². The highest BCUT2D eigenvalue weighted by molar-refractivity contribution is 5.03. The molecule has 2 unspecified atom stereocenters. The van der Waals surface area contributed by atoms with Gasteiger partial charge >= 0.3 is 0 Å². The van der Waals surface area contributed by atoms with Crippen molar-refractivity contribution in [2.45, 2.75) is 25.0 Å². The first-order chi connectivity index (χ1) is 10.1. The molecule has 0 heterocycles. The lowest BCUT2D eigenvalue weighted by molar-refractivity contribution is -0.140. The van der Waals surface area contributed by atoms with Gasteiger partial charge in [0.1, 0.15) is 13.2 Å². The second kappa shape index (κ2) is 10.8. The minimum Gasteiger partial charge on any atom is -0.391 e. The predicted molar refractivity (Wildman–Crippen MR) is 80.7 cm³/mol. The first-order valence-corrected chi connectivity index (χ1v) is 6.34. The summed E-state index contributed by atoms with van der Waals surface area (Å²) in [5.41, 5.74) is -1.19. The molecular formula is C17H20O4. The number of rotatable bonds is 10. The quantitative estimate of drug-likeness (QED) is 0.440. The molecule has 0 spiro atoms. The van der Waals surface area contributed by atoms with Crippen LogP contribution in [0.25, 0.3) is 0 Å². The minimum absolute atomic E-state index is 0.0143.